The summed E-state index contributed by atoms with van der Waals surface area (Å²) in [5, 5.41) is 12.2. The standard InChI is InChI=1S/C15H18N2O3/c18-14(19)11-6-7-12-13(8-11)20-15(17-12)16-9-10-4-2-1-3-5-10/h6-8,10H,1-5,9H2,(H,16,17)(H,18,19). The van der Waals surface area contributed by atoms with E-state index in [-0.39, 0.29) is 5.56 Å². The third kappa shape index (κ3) is 2.76. The number of oxazole rings is 1. The Kier molecular flexibility index (Phi) is 3.58. The molecule has 0 amide bonds. The first kappa shape index (κ1) is 13.0. The summed E-state index contributed by atoms with van der Waals surface area (Å²) < 4.78 is 5.56. The van der Waals surface area contributed by atoms with Gasteiger partial charge >= 0.3 is 5.97 Å². The van der Waals surface area contributed by atoms with Crippen molar-refractivity contribution in [2.75, 3.05) is 11.9 Å². The molecule has 106 valence electrons. The van der Waals surface area contributed by atoms with Gasteiger partial charge in [0.1, 0.15) is 5.52 Å². The van der Waals surface area contributed by atoms with E-state index in [0.29, 0.717) is 23.0 Å². The van der Waals surface area contributed by atoms with Crippen molar-refractivity contribution in [3.63, 3.8) is 0 Å². The minimum Gasteiger partial charge on any atom is -0.478 e. The second-order valence-corrected chi connectivity index (χ2v) is 5.39. The summed E-state index contributed by atoms with van der Waals surface area (Å²) in [5.74, 6) is -0.270. The van der Waals surface area contributed by atoms with E-state index in [1.165, 1.54) is 44.2 Å². The number of carboxylic acid groups (broad SMARTS) is 1. The van der Waals surface area contributed by atoms with E-state index in [1.54, 1.807) is 6.07 Å². The average molecular weight is 274 g/mol. The summed E-state index contributed by atoms with van der Waals surface area (Å²) in [4.78, 5) is 15.2. The van der Waals surface area contributed by atoms with Crippen molar-refractivity contribution in [1.29, 1.82) is 0 Å². The number of aromatic carboxylic acids is 1. The van der Waals surface area contributed by atoms with Crippen LogP contribution in [0.2, 0.25) is 0 Å². The Balaban J connectivity index is 1.70. The Morgan fingerprint density at radius 2 is 2.15 bits per heavy atom. The van der Waals surface area contributed by atoms with E-state index in [2.05, 4.69) is 10.3 Å². The molecule has 0 radical (unpaired) electrons. The second kappa shape index (κ2) is 5.53. The maximum Gasteiger partial charge on any atom is 0.335 e. The lowest BCUT2D eigenvalue weighted by molar-refractivity contribution is 0.0697. The van der Waals surface area contributed by atoms with Gasteiger partial charge in [-0.3, -0.25) is 0 Å². The molecule has 5 nitrogen and oxygen atoms in total. The number of fused-ring (bicyclic) bond motifs is 1. The van der Waals surface area contributed by atoms with Gasteiger partial charge in [-0.05, 0) is 37.0 Å². The lowest BCUT2D eigenvalue weighted by Crippen LogP contribution is -2.17. The molecule has 2 aromatic rings. The zero-order chi connectivity index (χ0) is 13.9. The summed E-state index contributed by atoms with van der Waals surface area (Å²) >= 11 is 0. The fourth-order valence-corrected chi connectivity index (χ4v) is 2.76. The van der Waals surface area contributed by atoms with Crippen molar-refractivity contribution in [3.8, 4) is 0 Å². The minimum atomic E-state index is -0.958. The zero-order valence-corrected chi connectivity index (χ0v) is 11.3. The number of anilines is 1. The molecule has 0 bridgehead atoms. The predicted molar refractivity (Wildman–Crippen MR) is 76.0 cm³/mol. The number of carbonyl (C=O) groups is 1. The minimum absolute atomic E-state index is 0.215. The average Bonchev–Trinajstić information content (AvgIpc) is 2.88. The summed E-state index contributed by atoms with van der Waals surface area (Å²) in [6.45, 7) is 0.874. The summed E-state index contributed by atoms with van der Waals surface area (Å²) in [5.41, 5.74) is 1.41. The smallest absolute Gasteiger partial charge is 0.335 e. The van der Waals surface area contributed by atoms with Crippen LogP contribution in [0, 0.1) is 5.92 Å². The van der Waals surface area contributed by atoms with Crippen LogP contribution in [0.4, 0.5) is 6.01 Å². The lowest BCUT2D eigenvalue weighted by Gasteiger charge is -2.21. The molecule has 1 aromatic carbocycles. The van der Waals surface area contributed by atoms with Crippen LogP contribution in [0.25, 0.3) is 11.1 Å². The van der Waals surface area contributed by atoms with Gasteiger partial charge in [0.05, 0.1) is 5.56 Å². The Labute approximate surface area is 117 Å². The molecular weight excluding hydrogens is 256 g/mol. The van der Waals surface area contributed by atoms with Crippen molar-refractivity contribution in [3.05, 3.63) is 23.8 Å². The third-order valence-corrected chi connectivity index (χ3v) is 3.90. The lowest BCUT2D eigenvalue weighted by atomic mass is 9.89. The quantitative estimate of drug-likeness (QED) is 0.892. The number of hydrogen-bond acceptors (Lipinski definition) is 4. The predicted octanol–water partition coefficient (Wildman–Crippen LogP) is 3.52. The molecule has 5 heteroatoms. The summed E-state index contributed by atoms with van der Waals surface area (Å²) in [6, 6.07) is 5.20. The molecule has 1 heterocycles. The Hall–Kier alpha value is -2.04. The van der Waals surface area contributed by atoms with Crippen molar-refractivity contribution in [2.45, 2.75) is 32.1 Å². The number of benzene rings is 1. The molecular formula is C15H18N2O3. The van der Waals surface area contributed by atoms with Crippen molar-refractivity contribution >= 4 is 23.1 Å². The summed E-state index contributed by atoms with van der Waals surface area (Å²) in [6.07, 6.45) is 6.48. The topological polar surface area (TPSA) is 75.4 Å². The van der Waals surface area contributed by atoms with E-state index < -0.39 is 5.97 Å². The largest absolute Gasteiger partial charge is 0.478 e. The van der Waals surface area contributed by atoms with E-state index in [1.807, 2.05) is 0 Å². The number of aromatic nitrogens is 1. The normalized spacial score (nSPS) is 16.4. The van der Waals surface area contributed by atoms with Crippen LogP contribution in [0.1, 0.15) is 42.5 Å². The van der Waals surface area contributed by atoms with Gasteiger partial charge in [-0.25, -0.2) is 4.79 Å². The molecule has 3 rings (SSSR count). The number of hydrogen-bond donors (Lipinski definition) is 2. The van der Waals surface area contributed by atoms with Crippen LogP contribution < -0.4 is 5.32 Å². The third-order valence-electron chi connectivity index (χ3n) is 3.90. The Bertz CT molecular complexity index is 615. The highest BCUT2D eigenvalue weighted by Gasteiger charge is 2.15. The van der Waals surface area contributed by atoms with Gasteiger partial charge in [0.25, 0.3) is 6.01 Å². The molecule has 1 aliphatic rings. The van der Waals surface area contributed by atoms with Crippen LogP contribution in [0.5, 0.6) is 0 Å². The first-order chi connectivity index (χ1) is 9.72. The van der Waals surface area contributed by atoms with Crippen LogP contribution in [0.15, 0.2) is 22.6 Å². The van der Waals surface area contributed by atoms with E-state index in [9.17, 15) is 4.79 Å². The number of rotatable bonds is 4. The molecule has 1 aromatic heterocycles. The van der Waals surface area contributed by atoms with Gasteiger partial charge in [0.2, 0.25) is 0 Å². The fourth-order valence-electron chi connectivity index (χ4n) is 2.76. The Morgan fingerprint density at radius 3 is 2.90 bits per heavy atom. The number of nitrogens with zero attached hydrogens (tertiary/aromatic N) is 1. The molecule has 20 heavy (non-hydrogen) atoms. The molecule has 1 aliphatic carbocycles. The molecule has 1 saturated carbocycles. The fraction of sp³-hybridized carbons (Fsp3) is 0.467. The highest BCUT2D eigenvalue weighted by atomic mass is 16.4. The van der Waals surface area contributed by atoms with Gasteiger partial charge in [-0.15, -0.1) is 0 Å². The highest BCUT2D eigenvalue weighted by Crippen LogP contribution is 2.25. The molecule has 0 unspecified atom stereocenters. The second-order valence-electron chi connectivity index (χ2n) is 5.39. The van der Waals surface area contributed by atoms with Gasteiger partial charge in [0, 0.05) is 6.54 Å². The first-order valence-electron chi connectivity index (χ1n) is 7.10. The zero-order valence-electron chi connectivity index (χ0n) is 11.3. The van der Waals surface area contributed by atoms with Crippen LogP contribution in [-0.4, -0.2) is 22.6 Å². The maximum atomic E-state index is 10.9. The molecule has 0 spiro atoms. The van der Waals surface area contributed by atoms with Crippen LogP contribution in [-0.2, 0) is 0 Å². The van der Waals surface area contributed by atoms with Crippen LogP contribution >= 0.6 is 0 Å². The molecule has 2 N–H and O–H groups in total. The van der Waals surface area contributed by atoms with Crippen LogP contribution in [0.3, 0.4) is 0 Å². The van der Waals surface area contributed by atoms with E-state index >= 15 is 0 Å². The van der Waals surface area contributed by atoms with Crippen molar-refractivity contribution in [1.82, 2.24) is 4.98 Å². The molecule has 0 atom stereocenters. The van der Waals surface area contributed by atoms with E-state index in [0.717, 1.165) is 6.54 Å². The van der Waals surface area contributed by atoms with Gasteiger partial charge < -0.3 is 14.8 Å². The van der Waals surface area contributed by atoms with Crippen molar-refractivity contribution < 1.29 is 14.3 Å². The van der Waals surface area contributed by atoms with Gasteiger partial charge in [0.15, 0.2) is 5.58 Å². The first-order valence-corrected chi connectivity index (χ1v) is 7.10. The van der Waals surface area contributed by atoms with E-state index in [4.69, 9.17) is 9.52 Å². The number of carboxylic acids is 1. The monoisotopic (exact) mass is 274 g/mol. The SMILES string of the molecule is O=C(O)c1ccc2nc(NCC3CCCCC3)oc2c1. The summed E-state index contributed by atoms with van der Waals surface area (Å²) in [7, 11) is 0. The molecule has 0 saturated heterocycles. The number of nitrogens with one attached hydrogen (secondary N) is 1. The van der Waals surface area contributed by atoms with Crippen molar-refractivity contribution in [2.24, 2.45) is 5.92 Å². The van der Waals surface area contributed by atoms with Gasteiger partial charge in [-0.2, -0.15) is 4.98 Å². The molecule has 0 aliphatic heterocycles. The molecule has 1 fully saturated rings. The Morgan fingerprint density at radius 1 is 1.35 bits per heavy atom. The van der Waals surface area contributed by atoms with Gasteiger partial charge in [-0.1, -0.05) is 19.3 Å². The highest BCUT2D eigenvalue weighted by molar-refractivity contribution is 5.92. The maximum absolute atomic E-state index is 10.9.